The highest BCUT2D eigenvalue weighted by Crippen LogP contribution is 2.26. The van der Waals surface area contributed by atoms with E-state index in [2.05, 4.69) is 53.3 Å². The van der Waals surface area contributed by atoms with Crippen LogP contribution in [-0.4, -0.2) is 100 Å². The number of amides is 1. The molecule has 3 aromatic heterocycles. The maximum atomic E-state index is 13.3. The Morgan fingerprint density at radius 3 is 2.62 bits per heavy atom. The third-order valence-electron chi connectivity index (χ3n) is 7.47. The van der Waals surface area contributed by atoms with Gasteiger partial charge in [-0.2, -0.15) is 5.10 Å². The summed E-state index contributed by atoms with van der Waals surface area (Å²) in [5, 5.41) is 11.1. The second-order valence-corrected chi connectivity index (χ2v) is 10.4. The Kier molecular flexibility index (Phi) is 7.60. The molecule has 2 aliphatic heterocycles. The maximum Gasteiger partial charge on any atom is 0.276 e. The molecule has 0 radical (unpaired) electrons. The van der Waals surface area contributed by atoms with E-state index in [0.29, 0.717) is 11.4 Å². The van der Waals surface area contributed by atoms with E-state index in [1.807, 2.05) is 42.7 Å². The Balaban J connectivity index is 1.17. The first-order valence-electron chi connectivity index (χ1n) is 13.5. The zero-order chi connectivity index (χ0) is 26.6. The van der Waals surface area contributed by atoms with E-state index in [1.165, 1.54) is 0 Å². The molecule has 4 aromatic rings. The number of nitrogens with zero attached hydrogens (tertiary/aromatic N) is 6. The number of H-pyrrole nitrogens is 1. The van der Waals surface area contributed by atoms with Gasteiger partial charge in [0, 0.05) is 87.6 Å². The van der Waals surface area contributed by atoms with Crippen molar-refractivity contribution < 1.29 is 9.53 Å². The number of anilines is 1. The van der Waals surface area contributed by atoms with E-state index in [9.17, 15) is 4.79 Å². The molecule has 1 amide bonds. The number of carbonyl (C=O) groups is 1. The molecule has 0 saturated carbocycles. The van der Waals surface area contributed by atoms with Gasteiger partial charge in [0.1, 0.15) is 0 Å². The number of morpholine rings is 1. The smallest absolute Gasteiger partial charge is 0.276 e. The van der Waals surface area contributed by atoms with Gasteiger partial charge in [0.15, 0.2) is 5.69 Å². The molecule has 1 aromatic carbocycles. The van der Waals surface area contributed by atoms with Gasteiger partial charge in [0.05, 0.1) is 24.4 Å². The lowest BCUT2D eigenvalue weighted by Crippen LogP contribution is -2.44. The summed E-state index contributed by atoms with van der Waals surface area (Å²) in [6.45, 7) is 9.15. The van der Waals surface area contributed by atoms with Gasteiger partial charge in [0.2, 0.25) is 0 Å². The molecule has 2 saturated heterocycles. The van der Waals surface area contributed by atoms with Crippen molar-refractivity contribution in [3.8, 4) is 11.1 Å². The molecule has 6 rings (SSSR count). The number of ether oxygens (including phenoxy) is 1. The summed E-state index contributed by atoms with van der Waals surface area (Å²) in [6.07, 6.45) is 5.53. The second kappa shape index (κ2) is 11.6. The average molecular weight is 527 g/mol. The summed E-state index contributed by atoms with van der Waals surface area (Å²) < 4.78 is 5.47. The van der Waals surface area contributed by atoms with Crippen molar-refractivity contribution in [2.45, 2.75) is 13.1 Å². The second-order valence-electron chi connectivity index (χ2n) is 10.4. The number of carbonyl (C=O) groups excluding carboxylic acids is 1. The predicted octanol–water partition coefficient (Wildman–Crippen LogP) is 2.85. The molecule has 39 heavy (non-hydrogen) atoms. The number of piperazine rings is 1. The molecule has 2 fully saturated rings. The lowest BCUT2D eigenvalue weighted by atomic mass is 10.0. The van der Waals surface area contributed by atoms with E-state index in [0.717, 1.165) is 98.9 Å². The zero-order valence-corrected chi connectivity index (χ0v) is 22.3. The largest absolute Gasteiger partial charge is 0.379 e. The number of hydrogen-bond acceptors (Lipinski definition) is 8. The van der Waals surface area contributed by atoms with E-state index < -0.39 is 0 Å². The first-order valence-corrected chi connectivity index (χ1v) is 13.5. The fourth-order valence-corrected chi connectivity index (χ4v) is 5.18. The predicted molar refractivity (Wildman–Crippen MR) is 150 cm³/mol. The van der Waals surface area contributed by atoms with Crippen molar-refractivity contribution in [1.29, 1.82) is 0 Å². The molecule has 0 atom stereocenters. The molecular weight excluding hydrogens is 492 g/mol. The maximum absolute atomic E-state index is 13.3. The lowest BCUT2D eigenvalue weighted by Gasteiger charge is -2.32. The summed E-state index contributed by atoms with van der Waals surface area (Å²) >= 11 is 0. The number of likely N-dealkylation sites (N-methyl/N-ethyl adjacent to an activating group) is 1. The Hall–Kier alpha value is -3.70. The molecule has 202 valence electrons. The van der Waals surface area contributed by atoms with Gasteiger partial charge in [-0.15, -0.1) is 0 Å². The van der Waals surface area contributed by atoms with E-state index >= 15 is 0 Å². The van der Waals surface area contributed by atoms with Crippen molar-refractivity contribution in [2.24, 2.45) is 0 Å². The third kappa shape index (κ3) is 6.15. The summed E-state index contributed by atoms with van der Waals surface area (Å²) in [4.78, 5) is 29.4. The molecule has 0 bridgehead atoms. The number of aromatic amines is 1. The lowest BCUT2D eigenvalue weighted by molar-refractivity contribution is 0.0341. The molecule has 0 unspecified atom stereocenters. The minimum absolute atomic E-state index is 0.255. The molecular formula is C29H34N8O2. The highest BCUT2D eigenvalue weighted by atomic mass is 16.5. The number of rotatable bonds is 7. The highest BCUT2D eigenvalue weighted by Gasteiger charge is 2.18. The number of nitrogens with one attached hydrogen (secondary N) is 2. The van der Waals surface area contributed by atoms with Crippen LogP contribution >= 0.6 is 0 Å². The van der Waals surface area contributed by atoms with Crippen LogP contribution in [0, 0.1) is 0 Å². The first-order chi connectivity index (χ1) is 19.1. The number of pyridine rings is 2. The Morgan fingerprint density at radius 1 is 0.949 bits per heavy atom. The summed E-state index contributed by atoms with van der Waals surface area (Å²) in [5.74, 6) is -0.255. The van der Waals surface area contributed by atoms with Crippen LogP contribution in [0.4, 0.5) is 5.69 Å². The van der Waals surface area contributed by atoms with Gasteiger partial charge in [-0.05, 0) is 48.5 Å². The molecule has 2 aliphatic rings. The van der Waals surface area contributed by atoms with Crippen LogP contribution in [0.5, 0.6) is 0 Å². The number of aromatic nitrogens is 4. The van der Waals surface area contributed by atoms with Gasteiger partial charge in [-0.3, -0.25) is 29.7 Å². The van der Waals surface area contributed by atoms with Crippen molar-refractivity contribution in [1.82, 2.24) is 34.9 Å². The van der Waals surface area contributed by atoms with Crippen LogP contribution in [0.2, 0.25) is 0 Å². The average Bonchev–Trinajstić information content (AvgIpc) is 3.39. The molecule has 5 heterocycles. The fraction of sp³-hybridized carbons (Fsp3) is 0.379. The minimum Gasteiger partial charge on any atom is -0.379 e. The molecule has 2 N–H and O–H groups in total. The van der Waals surface area contributed by atoms with Gasteiger partial charge in [-0.1, -0.05) is 6.07 Å². The summed E-state index contributed by atoms with van der Waals surface area (Å²) in [6, 6.07) is 11.9. The van der Waals surface area contributed by atoms with Gasteiger partial charge >= 0.3 is 0 Å². The SMILES string of the molecule is CN1CCN(Cc2cc(NC(=O)c3n[nH]c4ccc(-c5cncc(CN6CCOCC6)c5)cc34)ccn2)CC1. The molecule has 0 spiro atoms. The molecule has 10 nitrogen and oxygen atoms in total. The monoisotopic (exact) mass is 526 g/mol. The minimum atomic E-state index is -0.255. The molecule has 10 heteroatoms. The number of hydrogen-bond donors (Lipinski definition) is 2. The van der Waals surface area contributed by atoms with E-state index in [-0.39, 0.29) is 5.91 Å². The van der Waals surface area contributed by atoms with Crippen molar-refractivity contribution in [3.63, 3.8) is 0 Å². The van der Waals surface area contributed by atoms with Crippen LogP contribution in [0.1, 0.15) is 21.7 Å². The Labute approximate surface area is 228 Å². The van der Waals surface area contributed by atoms with Crippen LogP contribution < -0.4 is 5.32 Å². The van der Waals surface area contributed by atoms with Gasteiger partial charge in [-0.25, -0.2) is 0 Å². The van der Waals surface area contributed by atoms with Crippen molar-refractivity contribution >= 4 is 22.5 Å². The summed E-state index contributed by atoms with van der Waals surface area (Å²) in [5.41, 5.74) is 5.99. The first kappa shape index (κ1) is 25.6. The topological polar surface area (TPSA) is 103 Å². The number of benzene rings is 1. The van der Waals surface area contributed by atoms with E-state index in [1.54, 1.807) is 6.20 Å². The van der Waals surface area contributed by atoms with Crippen molar-refractivity contribution in [2.75, 3.05) is 64.8 Å². The van der Waals surface area contributed by atoms with Crippen LogP contribution in [-0.2, 0) is 17.8 Å². The standard InChI is InChI=1S/C29H34N8O2/c1-35-6-8-36(9-7-35)20-25-16-24(4-5-31-25)32-29(38)28-26-15-22(2-3-27(26)33-34-28)23-14-21(17-30-18-23)19-37-10-12-39-13-11-37/h2-5,14-18H,6-13,19-20H2,1H3,(H,33,34)(H,31,32,38). The zero-order valence-electron chi connectivity index (χ0n) is 22.3. The number of fused-ring (bicyclic) bond motifs is 1. The quantitative estimate of drug-likeness (QED) is 0.379. The summed E-state index contributed by atoms with van der Waals surface area (Å²) in [7, 11) is 2.15. The third-order valence-corrected chi connectivity index (χ3v) is 7.47. The van der Waals surface area contributed by atoms with Crippen LogP contribution in [0.3, 0.4) is 0 Å². The van der Waals surface area contributed by atoms with Gasteiger partial charge in [0.25, 0.3) is 5.91 Å². The van der Waals surface area contributed by atoms with Crippen LogP contribution in [0.15, 0.2) is 55.0 Å². The van der Waals surface area contributed by atoms with Crippen LogP contribution in [0.25, 0.3) is 22.0 Å². The Morgan fingerprint density at radius 2 is 1.77 bits per heavy atom. The highest BCUT2D eigenvalue weighted by molar-refractivity contribution is 6.11. The fourth-order valence-electron chi connectivity index (χ4n) is 5.18. The normalized spacial score (nSPS) is 17.5. The van der Waals surface area contributed by atoms with Gasteiger partial charge < -0.3 is 15.0 Å². The van der Waals surface area contributed by atoms with E-state index in [4.69, 9.17) is 4.74 Å². The van der Waals surface area contributed by atoms with Crippen molar-refractivity contribution in [3.05, 3.63) is 71.9 Å². The molecule has 0 aliphatic carbocycles. The Bertz CT molecular complexity index is 1440.